The Bertz CT molecular complexity index is 301. The van der Waals surface area contributed by atoms with E-state index in [1.165, 1.54) is 0 Å². The van der Waals surface area contributed by atoms with Crippen LogP contribution in [0.1, 0.15) is 18.2 Å². The molecule has 0 atom stereocenters. The van der Waals surface area contributed by atoms with E-state index < -0.39 is 0 Å². The molecule has 0 aliphatic rings. The van der Waals surface area contributed by atoms with Crippen LogP contribution in [-0.4, -0.2) is 4.98 Å². The summed E-state index contributed by atoms with van der Waals surface area (Å²) in [7, 11) is 0. The molecule has 0 aromatic carbocycles. The first-order chi connectivity index (χ1) is 5.27. The van der Waals surface area contributed by atoms with E-state index in [0.29, 0.717) is 10.8 Å². The quantitative estimate of drug-likeness (QED) is 0.600. The van der Waals surface area contributed by atoms with E-state index >= 15 is 0 Å². The summed E-state index contributed by atoms with van der Waals surface area (Å²) in [5.41, 5.74) is 1.35. The second kappa shape index (κ2) is 3.36. The number of aryl methyl sites for hydroxylation is 1. The molecule has 56 valence electrons. The molecule has 0 radical (unpaired) electrons. The van der Waals surface area contributed by atoms with Crippen molar-refractivity contribution in [2.24, 2.45) is 0 Å². The molecule has 0 saturated heterocycles. The van der Waals surface area contributed by atoms with E-state index in [0.717, 1.165) is 12.0 Å². The summed E-state index contributed by atoms with van der Waals surface area (Å²) in [6.45, 7) is 1.99. The van der Waals surface area contributed by atoms with Crippen LogP contribution in [0.3, 0.4) is 0 Å². The molecule has 0 spiro atoms. The lowest BCUT2D eigenvalue weighted by Gasteiger charge is -1.97. The van der Waals surface area contributed by atoms with Gasteiger partial charge in [0, 0.05) is 0 Å². The van der Waals surface area contributed by atoms with Gasteiger partial charge in [-0.2, -0.15) is 5.26 Å². The fourth-order valence-corrected chi connectivity index (χ4v) is 1.08. The van der Waals surface area contributed by atoms with Crippen molar-refractivity contribution in [3.8, 4) is 6.07 Å². The number of hydrogen-bond acceptors (Lipinski definition) is 2. The van der Waals surface area contributed by atoms with Gasteiger partial charge in [-0.25, -0.2) is 4.98 Å². The molecule has 11 heavy (non-hydrogen) atoms. The lowest BCUT2D eigenvalue weighted by Crippen LogP contribution is -1.88. The van der Waals surface area contributed by atoms with Crippen LogP contribution in [0, 0.1) is 11.3 Å². The van der Waals surface area contributed by atoms with Crippen molar-refractivity contribution in [2.75, 3.05) is 0 Å². The number of halogens is 1. The molecule has 3 heteroatoms. The maximum absolute atomic E-state index is 8.45. The molecule has 0 bridgehead atoms. The van der Waals surface area contributed by atoms with Crippen LogP contribution >= 0.6 is 11.6 Å². The van der Waals surface area contributed by atoms with E-state index in [4.69, 9.17) is 16.9 Å². The van der Waals surface area contributed by atoms with Gasteiger partial charge in [0.15, 0.2) is 0 Å². The maximum Gasteiger partial charge on any atom is 0.142 e. The topological polar surface area (TPSA) is 36.7 Å². The van der Waals surface area contributed by atoms with E-state index in [-0.39, 0.29) is 0 Å². The molecule has 0 amide bonds. The number of hydrogen-bond donors (Lipinski definition) is 0. The summed E-state index contributed by atoms with van der Waals surface area (Å²) in [5, 5.41) is 8.89. The smallest absolute Gasteiger partial charge is 0.142 e. The van der Waals surface area contributed by atoms with Gasteiger partial charge in [0.2, 0.25) is 0 Å². The Morgan fingerprint density at radius 3 is 2.82 bits per heavy atom. The molecule has 0 fully saturated rings. The van der Waals surface area contributed by atoms with Crippen LogP contribution in [0.15, 0.2) is 12.1 Å². The number of nitrogens with zero attached hydrogens (tertiary/aromatic N) is 2. The standard InChI is InChI=1S/C8H7ClN2/c1-2-6-3-4-7(5-10)11-8(6)9/h3-4H,2H2,1H3. The molecule has 1 rings (SSSR count). The zero-order valence-electron chi connectivity index (χ0n) is 6.13. The van der Waals surface area contributed by atoms with E-state index in [9.17, 15) is 0 Å². The van der Waals surface area contributed by atoms with Gasteiger partial charge in [0.25, 0.3) is 0 Å². The lowest BCUT2D eigenvalue weighted by atomic mass is 10.2. The molecule has 1 aromatic heterocycles. The zero-order valence-corrected chi connectivity index (χ0v) is 6.89. The van der Waals surface area contributed by atoms with Crippen LogP contribution in [0.25, 0.3) is 0 Å². The molecule has 0 N–H and O–H groups in total. The normalized spacial score (nSPS) is 9.18. The Morgan fingerprint density at radius 2 is 2.36 bits per heavy atom. The lowest BCUT2D eigenvalue weighted by molar-refractivity contribution is 1.09. The van der Waals surface area contributed by atoms with Gasteiger partial charge in [-0.3, -0.25) is 0 Å². The van der Waals surface area contributed by atoms with Crippen molar-refractivity contribution in [2.45, 2.75) is 13.3 Å². The van der Waals surface area contributed by atoms with Crippen LogP contribution in [0.2, 0.25) is 5.15 Å². The molecule has 0 saturated carbocycles. The third kappa shape index (κ3) is 1.69. The highest BCUT2D eigenvalue weighted by Gasteiger charge is 1.99. The van der Waals surface area contributed by atoms with Gasteiger partial charge in [0.1, 0.15) is 16.9 Å². The van der Waals surface area contributed by atoms with Crippen molar-refractivity contribution in [3.63, 3.8) is 0 Å². The van der Waals surface area contributed by atoms with Crippen molar-refractivity contribution in [3.05, 3.63) is 28.5 Å². The summed E-state index contributed by atoms with van der Waals surface area (Å²) in [6, 6.07) is 5.42. The first-order valence-corrected chi connectivity index (χ1v) is 3.71. The first kappa shape index (κ1) is 8.03. The Morgan fingerprint density at radius 1 is 1.64 bits per heavy atom. The highest BCUT2D eigenvalue weighted by atomic mass is 35.5. The Hall–Kier alpha value is -1.07. The van der Waals surface area contributed by atoms with Gasteiger partial charge >= 0.3 is 0 Å². The predicted octanol–water partition coefficient (Wildman–Crippen LogP) is 2.17. The van der Waals surface area contributed by atoms with Crippen LogP contribution in [0.5, 0.6) is 0 Å². The summed E-state index contributed by atoms with van der Waals surface area (Å²) in [5.74, 6) is 0. The molecule has 1 heterocycles. The number of pyridine rings is 1. The highest BCUT2D eigenvalue weighted by Crippen LogP contribution is 2.13. The minimum Gasteiger partial charge on any atom is -0.225 e. The Labute approximate surface area is 70.4 Å². The van der Waals surface area contributed by atoms with E-state index in [1.807, 2.05) is 19.1 Å². The summed E-state index contributed by atoms with van der Waals surface area (Å²) < 4.78 is 0. The van der Waals surface area contributed by atoms with Gasteiger partial charge in [0.05, 0.1) is 0 Å². The Kier molecular flexibility index (Phi) is 2.45. The van der Waals surface area contributed by atoms with Gasteiger partial charge in [-0.1, -0.05) is 24.6 Å². The predicted molar refractivity (Wildman–Crippen MR) is 43.3 cm³/mol. The zero-order chi connectivity index (χ0) is 8.27. The van der Waals surface area contributed by atoms with Gasteiger partial charge in [-0.15, -0.1) is 0 Å². The van der Waals surface area contributed by atoms with Crippen molar-refractivity contribution >= 4 is 11.6 Å². The minimum atomic E-state index is 0.368. The summed E-state index contributed by atoms with van der Waals surface area (Å²) in [4.78, 5) is 3.87. The summed E-state index contributed by atoms with van der Waals surface area (Å²) in [6.07, 6.45) is 0.845. The van der Waals surface area contributed by atoms with E-state index in [2.05, 4.69) is 4.98 Å². The van der Waals surface area contributed by atoms with Crippen LogP contribution in [-0.2, 0) is 6.42 Å². The third-order valence-corrected chi connectivity index (χ3v) is 1.75. The van der Waals surface area contributed by atoms with Crippen LogP contribution < -0.4 is 0 Å². The molecule has 2 nitrogen and oxygen atoms in total. The van der Waals surface area contributed by atoms with Gasteiger partial charge < -0.3 is 0 Å². The van der Waals surface area contributed by atoms with E-state index in [1.54, 1.807) is 6.07 Å². The second-order valence-corrected chi connectivity index (χ2v) is 2.47. The molecule has 0 aliphatic heterocycles. The number of rotatable bonds is 1. The fraction of sp³-hybridized carbons (Fsp3) is 0.250. The molecule has 0 unspecified atom stereocenters. The largest absolute Gasteiger partial charge is 0.225 e. The van der Waals surface area contributed by atoms with Crippen molar-refractivity contribution < 1.29 is 0 Å². The van der Waals surface area contributed by atoms with Crippen molar-refractivity contribution in [1.82, 2.24) is 4.98 Å². The number of aromatic nitrogens is 1. The SMILES string of the molecule is CCc1ccc(C#N)nc1Cl. The highest BCUT2D eigenvalue weighted by molar-refractivity contribution is 6.30. The third-order valence-electron chi connectivity index (χ3n) is 1.42. The molecular formula is C8H7ClN2. The average molecular weight is 167 g/mol. The van der Waals surface area contributed by atoms with Crippen LogP contribution in [0.4, 0.5) is 0 Å². The molecular weight excluding hydrogens is 160 g/mol. The van der Waals surface area contributed by atoms with Gasteiger partial charge in [-0.05, 0) is 18.1 Å². The number of nitriles is 1. The van der Waals surface area contributed by atoms with Crippen molar-refractivity contribution in [1.29, 1.82) is 5.26 Å². The fourth-order valence-electron chi connectivity index (χ4n) is 0.789. The average Bonchev–Trinajstić information content (AvgIpc) is 2.04. The first-order valence-electron chi connectivity index (χ1n) is 3.33. The monoisotopic (exact) mass is 166 g/mol. The maximum atomic E-state index is 8.45. The summed E-state index contributed by atoms with van der Waals surface area (Å²) >= 11 is 5.75. The molecule has 1 aromatic rings. The Balaban J connectivity index is 3.12. The minimum absolute atomic E-state index is 0.368. The second-order valence-electron chi connectivity index (χ2n) is 2.11. The molecule has 0 aliphatic carbocycles.